The molecule has 0 spiro atoms. The molecule has 0 aliphatic rings. The monoisotopic (exact) mass is 490 g/mol. The third-order valence-electron chi connectivity index (χ3n) is 5.66. The molecule has 0 aromatic heterocycles. The first-order valence-corrected chi connectivity index (χ1v) is 11.7. The molecule has 8 nitrogen and oxygen atoms in total. The zero-order valence-corrected chi connectivity index (χ0v) is 20.3. The van der Waals surface area contributed by atoms with E-state index in [1.54, 1.807) is 43.5 Å². The van der Waals surface area contributed by atoms with E-state index in [9.17, 15) is 19.5 Å². The number of ether oxygens (including phenoxy) is 2. The molecule has 0 heterocycles. The van der Waals surface area contributed by atoms with Gasteiger partial charge in [0.15, 0.2) is 0 Å². The molecule has 3 aromatic carbocycles. The van der Waals surface area contributed by atoms with Crippen LogP contribution in [0.4, 0.5) is 4.79 Å². The van der Waals surface area contributed by atoms with Crippen molar-refractivity contribution >= 4 is 18.0 Å². The third kappa shape index (κ3) is 7.59. The summed E-state index contributed by atoms with van der Waals surface area (Å²) in [6.45, 7) is 2.34. The van der Waals surface area contributed by atoms with E-state index in [0.717, 1.165) is 16.9 Å². The van der Waals surface area contributed by atoms with Crippen LogP contribution in [0.3, 0.4) is 0 Å². The number of hydrogen-bond acceptors (Lipinski definition) is 5. The number of carboxylic acids is 1. The molecule has 0 aliphatic heterocycles. The molecule has 1 atom stereocenters. The number of nitrogens with one attached hydrogen (secondary N) is 2. The summed E-state index contributed by atoms with van der Waals surface area (Å²) in [5, 5.41) is 14.9. The summed E-state index contributed by atoms with van der Waals surface area (Å²) >= 11 is 0. The van der Waals surface area contributed by atoms with E-state index in [1.807, 2.05) is 43.3 Å². The van der Waals surface area contributed by atoms with Crippen LogP contribution in [0.1, 0.15) is 34.0 Å². The van der Waals surface area contributed by atoms with Gasteiger partial charge in [0.05, 0.1) is 7.11 Å². The average Bonchev–Trinajstić information content (AvgIpc) is 2.89. The van der Waals surface area contributed by atoms with Gasteiger partial charge < -0.3 is 25.2 Å². The highest BCUT2D eigenvalue weighted by molar-refractivity contribution is 5.97. The molecule has 188 valence electrons. The van der Waals surface area contributed by atoms with Gasteiger partial charge in [0.1, 0.15) is 17.5 Å². The van der Waals surface area contributed by atoms with Gasteiger partial charge in [-0.15, -0.1) is 0 Å². The second kappa shape index (κ2) is 12.9. The van der Waals surface area contributed by atoms with Crippen molar-refractivity contribution in [1.82, 2.24) is 10.6 Å². The molecule has 0 saturated heterocycles. The van der Waals surface area contributed by atoms with Gasteiger partial charge in [0.2, 0.25) is 0 Å². The summed E-state index contributed by atoms with van der Waals surface area (Å²) in [5.41, 5.74) is 3.05. The van der Waals surface area contributed by atoms with Crippen LogP contribution in [-0.4, -0.2) is 42.8 Å². The van der Waals surface area contributed by atoms with Crippen molar-refractivity contribution in [3.05, 3.63) is 95.1 Å². The maximum Gasteiger partial charge on any atom is 0.412 e. The molecule has 3 rings (SSSR count). The number of amides is 2. The molecule has 0 radical (unpaired) electrons. The lowest BCUT2D eigenvalue weighted by molar-refractivity contribution is -0.139. The van der Waals surface area contributed by atoms with Crippen molar-refractivity contribution in [3.8, 4) is 11.5 Å². The number of rotatable bonds is 11. The Hall–Kier alpha value is -4.33. The molecule has 0 aliphatic carbocycles. The molecule has 0 fully saturated rings. The highest BCUT2D eigenvalue weighted by Crippen LogP contribution is 2.15. The van der Waals surface area contributed by atoms with Crippen molar-refractivity contribution in [2.24, 2.45) is 0 Å². The largest absolute Gasteiger partial charge is 0.497 e. The molecule has 36 heavy (non-hydrogen) atoms. The molecule has 8 heteroatoms. The Kier molecular flexibility index (Phi) is 9.45. The Labute approximate surface area is 210 Å². The minimum absolute atomic E-state index is 0.0870. The van der Waals surface area contributed by atoms with Crippen LogP contribution in [0, 0.1) is 0 Å². The Morgan fingerprint density at radius 2 is 1.53 bits per heavy atom. The van der Waals surface area contributed by atoms with Crippen LogP contribution >= 0.6 is 0 Å². The molecule has 2 amide bonds. The number of aliphatic carboxylic acids is 1. The van der Waals surface area contributed by atoms with Gasteiger partial charge in [-0.1, -0.05) is 49.4 Å². The minimum Gasteiger partial charge on any atom is -0.497 e. The van der Waals surface area contributed by atoms with Crippen molar-refractivity contribution in [2.75, 3.05) is 13.7 Å². The Balaban J connectivity index is 1.50. The highest BCUT2D eigenvalue weighted by Gasteiger charge is 2.22. The Bertz CT molecular complexity index is 1180. The second-order valence-corrected chi connectivity index (χ2v) is 8.14. The maximum absolute atomic E-state index is 12.7. The molecule has 0 saturated carbocycles. The normalized spacial score (nSPS) is 11.3. The maximum atomic E-state index is 12.7. The molecular weight excluding hydrogens is 460 g/mol. The number of carboxylic acid groups (broad SMARTS) is 1. The van der Waals surface area contributed by atoms with Gasteiger partial charge in [-0.3, -0.25) is 4.79 Å². The van der Waals surface area contributed by atoms with Crippen molar-refractivity contribution < 1.29 is 29.0 Å². The zero-order chi connectivity index (χ0) is 25.9. The second-order valence-electron chi connectivity index (χ2n) is 8.14. The summed E-state index contributed by atoms with van der Waals surface area (Å²) in [7, 11) is 1.61. The van der Waals surface area contributed by atoms with Crippen molar-refractivity contribution in [3.63, 3.8) is 0 Å². The van der Waals surface area contributed by atoms with Gasteiger partial charge in [0, 0.05) is 18.5 Å². The number of methoxy groups -OCH3 is 1. The van der Waals surface area contributed by atoms with E-state index in [4.69, 9.17) is 9.47 Å². The van der Waals surface area contributed by atoms with E-state index in [2.05, 4.69) is 10.6 Å². The standard InChI is InChI=1S/C28H30N2O6/c1-3-21-6-4-5-7-24(21)26(31)30-25(27(32)33)18-20-10-14-23(15-11-20)36-28(34)29-17-16-19-8-12-22(35-2)13-9-19/h4-15,25H,3,16-18H2,1-2H3,(H,29,34)(H,30,31)(H,32,33). The topological polar surface area (TPSA) is 114 Å². The van der Waals surface area contributed by atoms with E-state index in [-0.39, 0.29) is 6.42 Å². The SMILES string of the molecule is CCc1ccccc1C(=O)NC(Cc1ccc(OC(=O)NCCc2ccc(OC)cc2)cc1)C(=O)O. The lowest BCUT2D eigenvalue weighted by Gasteiger charge is -2.16. The highest BCUT2D eigenvalue weighted by atomic mass is 16.6. The van der Waals surface area contributed by atoms with Gasteiger partial charge >= 0.3 is 12.1 Å². The first-order valence-electron chi connectivity index (χ1n) is 11.7. The Morgan fingerprint density at radius 3 is 2.17 bits per heavy atom. The fourth-order valence-electron chi connectivity index (χ4n) is 3.66. The first kappa shape index (κ1) is 26.3. The predicted molar refractivity (Wildman–Crippen MR) is 136 cm³/mol. The predicted octanol–water partition coefficient (Wildman–Crippen LogP) is 4.01. The summed E-state index contributed by atoms with van der Waals surface area (Å²) < 4.78 is 10.4. The van der Waals surface area contributed by atoms with Crippen LogP contribution in [0.15, 0.2) is 72.8 Å². The zero-order valence-electron chi connectivity index (χ0n) is 20.3. The fourth-order valence-corrected chi connectivity index (χ4v) is 3.66. The number of carbonyl (C=O) groups is 3. The van der Waals surface area contributed by atoms with Gasteiger partial charge in [-0.05, 0) is 59.9 Å². The number of aryl methyl sites for hydroxylation is 1. The van der Waals surface area contributed by atoms with E-state index < -0.39 is 24.0 Å². The average molecular weight is 491 g/mol. The third-order valence-corrected chi connectivity index (χ3v) is 5.66. The van der Waals surface area contributed by atoms with Crippen molar-refractivity contribution in [2.45, 2.75) is 32.2 Å². The molecule has 3 N–H and O–H groups in total. The van der Waals surface area contributed by atoms with Crippen LogP contribution in [0.25, 0.3) is 0 Å². The van der Waals surface area contributed by atoms with Crippen molar-refractivity contribution in [1.29, 1.82) is 0 Å². The van der Waals surface area contributed by atoms with Crippen LogP contribution in [0.2, 0.25) is 0 Å². The smallest absolute Gasteiger partial charge is 0.412 e. The van der Waals surface area contributed by atoms with Gasteiger partial charge in [-0.25, -0.2) is 9.59 Å². The lowest BCUT2D eigenvalue weighted by atomic mass is 10.0. The van der Waals surface area contributed by atoms with Gasteiger partial charge in [-0.2, -0.15) is 0 Å². The number of hydrogen-bond donors (Lipinski definition) is 3. The van der Waals surface area contributed by atoms with E-state index in [1.165, 1.54) is 0 Å². The van der Waals surface area contributed by atoms with Gasteiger partial charge in [0.25, 0.3) is 5.91 Å². The first-order chi connectivity index (χ1) is 17.4. The summed E-state index contributed by atoms with van der Waals surface area (Å²) in [6.07, 6.45) is 0.812. The lowest BCUT2D eigenvalue weighted by Crippen LogP contribution is -2.42. The molecule has 3 aromatic rings. The summed E-state index contributed by atoms with van der Waals surface area (Å²) in [5.74, 6) is -0.457. The summed E-state index contributed by atoms with van der Waals surface area (Å²) in [4.78, 5) is 36.5. The van der Waals surface area contributed by atoms with Crippen LogP contribution in [0.5, 0.6) is 11.5 Å². The minimum atomic E-state index is -1.13. The molecular formula is C28H30N2O6. The van der Waals surface area contributed by atoms with E-state index >= 15 is 0 Å². The van der Waals surface area contributed by atoms with Crippen LogP contribution in [-0.2, 0) is 24.1 Å². The number of benzene rings is 3. The Morgan fingerprint density at radius 1 is 0.889 bits per heavy atom. The summed E-state index contributed by atoms with van der Waals surface area (Å²) in [6, 6.07) is 20.1. The van der Waals surface area contributed by atoms with E-state index in [0.29, 0.717) is 36.3 Å². The van der Waals surface area contributed by atoms with Crippen LogP contribution < -0.4 is 20.1 Å². The fraction of sp³-hybridized carbons (Fsp3) is 0.250. The molecule has 1 unspecified atom stereocenters. The number of carbonyl (C=O) groups excluding carboxylic acids is 2. The molecule has 0 bridgehead atoms. The quantitative estimate of drug-likeness (QED) is 0.374.